The van der Waals surface area contributed by atoms with Crippen LogP contribution in [0.1, 0.15) is 17.9 Å². The van der Waals surface area contributed by atoms with Crippen LogP contribution in [0.4, 0.5) is 0 Å². The average molecular weight is 206 g/mol. The Labute approximate surface area is 86.7 Å². The first-order valence-electron chi connectivity index (χ1n) is 4.88. The van der Waals surface area contributed by atoms with Crippen molar-refractivity contribution in [1.82, 2.24) is 0 Å². The van der Waals surface area contributed by atoms with Crippen molar-refractivity contribution in [3.05, 3.63) is 23.8 Å². The Kier molecular flexibility index (Phi) is 1.80. The molecule has 1 aromatic carbocycles. The third-order valence-electron chi connectivity index (χ3n) is 2.73. The summed E-state index contributed by atoms with van der Waals surface area (Å²) in [6.07, 6.45) is 0.458. The van der Waals surface area contributed by atoms with Gasteiger partial charge in [-0.15, -0.1) is 0 Å². The van der Waals surface area contributed by atoms with Crippen LogP contribution in [-0.2, 0) is 9.53 Å². The van der Waals surface area contributed by atoms with Crippen LogP contribution >= 0.6 is 0 Å². The molecule has 2 aliphatic rings. The van der Waals surface area contributed by atoms with Crippen LogP contribution in [-0.4, -0.2) is 19.4 Å². The van der Waals surface area contributed by atoms with Crippen LogP contribution in [0.15, 0.2) is 18.2 Å². The molecular weight excluding hydrogens is 196 g/mol. The van der Waals surface area contributed by atoms with E-state index < -0.39 is 0 Å². The molecule has 78 valence electrons. The first kappa shape index (κ1) is 8.59. The molecule has 15 heavy (non-hydrogen) atoms. The minimum Gasteiger partial charge on any atom is -0.465 e. The van der Waals surface area contributed by atoms with E-state index in [0.717, 1.165) is 17.1 Å². The number of fused-ring (bicyclic) bond motifs is 1. The number of benzene rings is 1. The van der Waals surface area contributed by atoms with Crippen molar-refractivity contribution < 1.29 is 19.0 Å². The molecule has 0 radical (unpaired) electrons. The number of hydrogen-bond donors (Lipinski definition) is 0. The minimum absolute atomic E-state index is 0.127. The van der Waals surface area contributed by atoms with Gasteiger partial charge in [0, 0.05) is 5.92 Å². The van der Waals surface area contributed by atoms with Crippen molar-refractivity contribution in [3.63, 3.8) is 0 Å². The fraction of sp³-hybridized carbons (Fsp3) is 0.364. The maximum absolute atomic E-state index is 11.0. The van der Waals surface area contributed by atoms with Gasteiger partial charge in [0.15, 0.2) is 11.5 Å². The van der Waals surface area contributed by atoms with E-state index in [2.05, 4.69) is 0 Å². The summed E-state index contributed by atoms with van der Waals surface area (Å²) in [5, 5.41) is 0. The third kappa shape index (κ3) is 1.42. The van der Waals surface area contributed by atoms with Gasteiger partial charge in [0.2, 0.25) is 6.79 Å². The molecular formula is C11H10O4. The summed E-state index contributed by atoms with van der Waals surface area (Å²) in [5.41, 5.74) is 1.07. The van der Waals surface area contributed by atoms with Gasteiger partial charge in [0.1, 0.15) is 0 Å². The van der Waals surface area contributed by atoms with Crippen LogP contribution in [0.2, 0.25) is 0 Å². The third-order valence-corrected chi connectivity index (χ3v) is 2.73. The number of ether oxygens (including phenoxy) is 3. The van der Waals surface area contributed by atoms with E-state index in [1.54, 1.807) is 0 Å². The van der Waals surface area contributed by atoms with Gasteiger partial charge >= 0.3 is 5.97 Å². The smallest absolute Gasteiger partial charge is 0.306 e. The van der Waals surface area contributed by atoms with Crippen molar-refractivity contribution in [1.29, 1.82) is 0 Å². The molecule has 0 N–H and O–H groups in total. The maximum Gasteiger partial charge on any atom is 0.306 e. The molecule has 1 fully saturated rings. The van der Waals surface area contributed by atoms with E-state index in [1.165, 1.54) is 0 Å². The Balaban J connectivity index is 1.89. The van der Waals surface area contributed by atoms with E-state index in [-0.39, 0.29) is 18.7 Å². The molecule has 4 heteroatoms. The molecule has 0 spiro atoms. The SMILES string of the molecule is O=C1C[C@H](c2ccc3c(c2)OCO3)CO1. The molecule has 2 aliphatic heterocycles. The molecule has 0 saturated carbocycles. The second-order valence-electron chi connectivity index (χ2n) is 3.70. The minimum atomic E-state index is -0.127. The van der Waals surface area contributed by atoms with Gasteiger partial charge in [0.05, 0.1) is 13.0 Å². The summed E-state index contributed by atoms with van der Waals surface area (Å²) in [6, 6.07) is 5.76. The first-order valence-corrected chi connectivity index (χ1v) is 4.88. The fourth-order valence-corrected chi connectivity index (χ4v) is 1.89. The number of esters is 1. The number of rotatable bonds is 1. The highest BCUT2D eigenvalue weighted by Crippen LogP contribution is 2.36. The molecule has 1 saturated heterocycles. The highest BCUT2D eigenvalue weighted by Gasteiger charge is 2.26. The van der Waals surface area contributed by atoms with Crippen molar-refractivity contribution in [3.8, 4) is 11.5 Å². The molecule has 1 atom stereocenters. The summed E-state index contributed by atoms with van der Waals surface area (Å²) in [5.74, 6) is 1.56. The monoisotopic (exact) mass is 206 g/mol. The van der Waals surface area contributed by atoms with Crippen LogP contribution < -0.4 is 9.47 Å². The molecule has 1 aromatic rings. The summed E-state index contributed by atoms with van der Waals surface area (Å²) < 4.78 is 15.4. The quantitative estimate of drug-likeness (QED) is 0.652. The average Bonchev–Trinajstić information content (AvgIpc) is 2.84. The van der Waals surface area contributed by atoms with Crippen LogP contribution in [0.3, 0.4) is 0 Å². The van der Waals surface area contributed by atoms with Crippen molar-refractivity contribution >= 4 is 5.97 Å². The van der Waals surface area contributed by atoms with Gasteiger partial charge in [-0.1, -0.05) is 6.07 Å². The van der Waals surface area contributed by atoms with Crippen molar-refractivity contribution in [2.24, 2.45) is 0 Å². The summed E-state index contributed by atoms with van der Waals surface area (Å²) in [7, 11) is 0. The lowest BCUT2D eigenvalue weighted by molar-refractivity contribution is -0.137. The second-order valence-corrected chi connectivity index (χ2v) is 3.70. The van der Waals surface area contributed by atoms with Crippen LogP contribution in [0.25, 0.3) is 0 Å². The molecule has 0 amide bonds. The molecule has 0 bridgehead atoms. The van der Waals surface area contributed by atoms with Crippen molar-refractivity contribution in [2.75, 3.05) is 13.4 Å². The number of hydrogen-bond acceptors (Lipinski definition) is 4. The summed E-state index contributed by atoms with van der Waals surface area (Å²) >= 11 is 0. The lowest BCUT2D eigenvalue weighted by Gasteiger charge is -2.06. The predicted octanol–water partition coefficient (Wildman–Crippen LogP) is 1.45. The van der Waals surface area contributed by atoms with Crippen LogP contribution in [0.5, 0.6) is 11.5 Å². The molecule has 0 aromatic heterocycles. The standard InChI is InChI=1S/C11H10O4/c12-11-4-8(5-13-11)7-1-2-9-10(3-7)15-6-14-9/h1-3,8H,4-6H2/t8-/m0/s1. The highest BCUT2D eigenvalue weighted by molar-refractivity contribution is 5.73. The van der Waals surface area contributed by atoms with Crippen LogP contribution in [0, 0.1) is 0 Å². The normalized spacial score (nSPS) is 22.9. The Hall–Kier alpha value is -1.71. The largest absolute Gasteiger partial charge is 0.465 e. The summed E-state index contributed by atoms with van der Waals surface area (Å²) in [6.45, 7) is 0.747. The van der Waals surface area contributed by atoms with Gasteiger partial charge in [0.25, 0.3) is 0 Å². The predicted molar refractivity (Wildman–Crippen MR) is 50.9 cm³/mol. The van der Waals surface area contributed by atoms with Crippen molar-refractivity contribution in [2.45, 2.75) is 12.3 Å². The lowest BCUT2D eigenvalue weighted by atomic mass is 9.98. The number of cyclic esters (lactones) is 1. The Morgan fingerprint density at radius 2 is 2.00 bits per heavy atom. The van der Waals surface area contributed by atoms with E-state index in [0.29, 0.717) is 13.0 Å². The highest BCUT2D eigenvalue weighted by atomic mass is 16.7. The van der Waals surface area contributed by atoms with E-state index in [9.17, 15) is 4.79 Å². The zero-order valence-corrected chi connectivity index (χ0v) is 8.06. The van der Waals surface area contributed by atoms with E-state index >= 15 is 0 Å². The number of carbonyl (C=O) groups excluding carboxylic acids is 1. The Morgan fingerprint density at radius 3 is 2.80 bits per heavy atom. The van der Waals surface area contributed by atoms with E-state index in [1.807, 2.05) is 18.2 Å². The fourth-order valence-electron chi connectivity index (χ4n) is 1.89. The molecule has 3 rings (SSSR count). The van der Waals surface area contributed by atoms with Gasteiger partial charge < -0.3 is 14.2 Å². The Morgan fingerprint density at radius 1 is 1.13 bits per heavy atom. The van der Waals surface area contributed by atoms with Gasteiger partial charge in [-0.05, 0) is 17.7 Å². The lowest BCUT2D eigenvalue weighted by Crippen LogP contribution is -1.97. The number of carbonyl (C=O) groups is 1. The molecule has 0 aliphatic carbocycles. The van der Waals surface area contributed by atoms with Gasteiger partial charge in [-0.3, -0.25) is 4.79 Å². The molecule has 4 nitrogen and oxygen atoms in total. The zero-order chi connectivity index (χ0) is 10.3. The maximum atomic E-state index is 11.0. The summed E-state index contributed by atoms with van der Waals surface area (Å²) in [4.78, 5) is 11.0. The molecule has 2 heterocycles. The van der Waals surface area contributed by atoms with E-state index in [4.69, 9.17) is 14.2 Å². The second kappa shape index (κ2) is 3.15. The first-order chi connectivity index (χ1) is 7.33. The zero-order valence-electron chi connectivity index (χ0n) is 8.06. The van der Waals surface area contributed by atoms with Gasteiger partial charge in [-0.25, -0.2) is 0 Å². The Bertz CT molecular complexity index is 413. The topological polar surface area (TPSA) is 44.8 Å². The molecule has 0 unspecified atom stereocenters. The van der Waals surface area contributed by atoms with Gasteiger partial charge in [-0.2, -0.15) is 0 Å².